The summed E-state index contributed by atoms with van der Waals surface area (Å²) in [5.41, 5.74) is 1.11. The standard InChI is InChI=1S/C12H15N5O2S/c1-3-8-4-5-20-9(8)6-14-12-10(17(18)19)11(13-2)15-7-16-12/h4-5,7H,3,6H2,1-2H3,(H2,13,14,15,16). The van der Waals surface area contributed by atoms with Gasteiger partial charge in [0, 0.05) is 11.9 Å². The van der Waals surface area contributed by atoms with E-state index in [9.17, 15) is 10.1 Å². The smallest absolute Gasteiger partial charge is 0.353 e. The summed E-state index contributed by atoms with van der Waals surface area (Å²) < 4.78 is 0. The molecule has 7 nitrogen and oxygen atoms in total. The average molecular weight is 293 g/mol. The van der Waals surface area contributed by atoms with Crippen LogP contribution in [0.1, 0.15) is 17.4 Å². The highest BCUT2D eigenvalue weighted by Crippen LogP contribution is 2.29. The molecule has 0 saturated carbocycles. The van der Waals surface area contributed by atoms with Crippen molar-refractivity contribution >= 4 is 28.7 Å². The summed E-state index contributed by atoms with van der Waals surface area (Å²) >= 11 is 1.63. The molecule has 2 heterocycles. The van der Waals surface area contributed by atoms with E-state index in [4.69, 9.17) is 0 Å². The first-order chi connectivity index (χ1) is 9.67. The zero-order valence-electron chi connectivity index (χ0n) is 11.2. The number of nitrogens with one attached hydrogen (secondary N) is 2. The number of aryl methyl sites for hydroxylation is 1. The molecule has 0 unspecified atom stereocenters. The number of rotatable bonds is 6. The van der Waals surface area contributed by atoms with E-state index in [1.165, 1.54) is 11.9 Å². The lowest BCUT2D eigenvalue weighted by Crippen LogP contribution is -2.08. The van der Waals surface area contributed by atoms with Gasteiger partial charge < -0.3 is 10.6 Å². The highest BCUT2D eigenvalue weighted by molar-refractivity contribution is 7.10. The fourth-order valence-electron chi connectivity index (χ4n) is 1.87. The SMILES string of the molecule is CCc1ccsc1CNc1ncnc(NC)c1[N+](=O)[O-]. The fourth-order valence-corrected chi connectivity index (χ4v) is 2.78. The first-order valence-corrected chi connectivity index (χ1v) is 7.01. The number of anilines is 2. The lowest BCUT2D eigenvalue weighted by Gasteiger charge is -2.08. The Morgan fingerprint density at radius 1 is 1.40 bits per heavy atom. The summed E-state index contributed by atoms with van der Waals surface area (Å²) in [5.74, 6) is 0.430. The van der Waals surface area contributed by atoms with Gasteiger partial charge in [-0.15, -0.1) is 11.3 Å². The Hall–Kier alpha value is -2.22. The van der Waals surface area contributed by atoms with E-state index in [2.05, 4.69) is 33.6 Å². The van der Waals surface area contributed by atoms with Crippen molar-refractivity contribution in [2.24, 2.45) is 0 Å². The molecule has 0 aliphatic carbocycles. The van der Waals surface area contributed by atoms with Crippen molar-refractivity contribution in [1.29, 1.82) is 0 Å². The predicted octanol–water partition coefficient (Wildman–Crippen LogP) is 2.66. The number of aromatic nitrogens is 2. The molecule has 0 aliphatic rings. The van der Waals surface area contributed by atoms with E-state index < -0.39 is 4.92 Å². The normalized spacial score (nSPS) is 10.3. The second-order valence-electron chi connectivity index (χ2n) is 4.00. The molecule has 2 aromatic heterocycles. The summed E-state index contributed by atoms with van der Waals surface area (Å²) in [4.78, 5) is 19.6. The molecule has 0 saturated heterocycles. The highest BCUT2D eigenvalue weighted by atomic mass is 32.1. The summed E-state index contributed by atoms with van der Waals surface area (Å²) in [6, 6.07) is 2.06. The largest absolute Gasteiger partial charge is 0.367 e. The molecule has 8 heteroatoms. The number of nitrogens with zero attached hydrogens (tertiary/aromatic N) is 3. The van der Waals surface area contributed by atoms with Crippen molar-refractivity contribution in [3.8, 4) is 0 Å². The maximum absolute atomic E-state index is 11.1. The molecule has 0 aliphatic heterocycles. The Morgan fingerprint density at radius 2 is 2.15 bits per heavy atom. The van der Waals surface area contributed by atoms with Crippen molar-refractivity contribution in [3.05, 3.63) is 38.3 Å². The van der Waals surface area contributed by atoms with Gasteiger partial charge in [0.2, 0.25) is 11.6 Å². The lowest BCUT2D eigenvalue weighted by atomic mass is 10.2. The van der Waals surface area contributed by atoms with Crippen molar-refractivity contribution < 1.29 is 4.92 Å². The molecule has 106 valence electrons. The van der Waals surface area contributed by atoms with Crippen LogP contribution in [-0.2, 0) is 13.0 Å². The van der Waals surface area contributed by atoms with E-state index in [-0.39, 0.29) is 17.3 Å². The molecule has 2 aromatic rings. The van der Waals surface area contributed by atoms with Gasteiger partial charge in [-0.25, -0.2) is 9.97 Å². The van der Waals surface area contributed by atoms with Gasteiger partial charge in [-0.1, -0.05) is 6.92 Å². The van der Waals surface area contributed by atoms with Crippen molar-refractivity contribution in [2.75, 3.05) is 17.7 Å². The van der Waals surface area contributed by atoms with E-state index in [0.29, 0.717) is 6.54 Å². The average Bonchev–Trinajstić information content (AvgIpc) is 2.91. The second-order valence-corrected chi connectivity index (χ2v) is 5.00. The Kier molecular flexibility index (Phi) is 4.46. The van der Waals surface area contributed by atoms with E-state index >= 15 is 0 Å². The molecule has 0 atom stereocenters. The van der Waals surface area contributed by atoms with E-state index in [0.717, 1.165) is 11.3 Å². The molecule has 2 rings (SSSR count). The number of hydrogen-bond acceptors (Lipinski definition) is 7. The van der Waals surface area contributed by atoms with Crippen molar-refractivity contribution in [3.63, 3.8) is 0 Å². The number of thiophene rings is 1. The summed E-state index contributed by atoms with van der Waals surface area (Å²) in [7, 11) is 1.59. The lowest BCUT2D eigenvalue weighted by molar-refractivity contribution is -0.383. The molecule has 0 fully saturated rings. The number of hydrogen-bond donors (Lipinski definition) is 2. The van der Waals surface area contributed by atoms with Gasteiger partial charge in [0.05, 0.1) is 11.5 Å². The van der Waals surface area contributed by atoms with Gasteiger partial charge in [-0.05, 0) is 23.4 Å². The topological polar surface area (TPSA) is 93.0 Å². The van der Waals surface area contributed by atoms with Crippen LogP contribution in [0.25, 0.3) is 0 Å². The van der Waals surface area contributed by atoms with Crippen molar-refractivity contribution in [1.82, 2.24) is 9.97 Å². The van der Waals surface area contributed by atoms with Gasteiger partial charge in [0.15, 0.2) is 0 Å². The van der Waals surface area contributed by atoms with Gasteiger partial charge in [0.1, 0.15) is 6.33 Å². The Balaban J connectivity index is 2.23. The summed E-state index contributed by atoms with van der Waals surface area (Å²) in [5, 5.41) is 18.9. The van der Waals surface area contributed by atoms with Crippen LogP contribution in [0, 0.1) is 10.1 Å². The molecule has 0 aromatic carbocycles. The van der Waals surface area contributed by atoms with Crippen LogP contribution in [0.4, 0.5) is 17.3 Å². The molecule has 0 radical (unpaired) electrons. The maximum Gasteiger partial charge on any atom is 0.353 e. The van der Waals surface area contributed by atoms with E-state index in [1.807, 2.05) is 5.38 Å². The second kappa shape index (κ2) is 6.29. The first-order valence-electron chi connectivity index (χ1n) is 6.13. The van der Waals surface area contributed by atoms with Crippen LogP contribution in [0.3, 0.4) is 0 Å². The molecular formula is C12H15N5O2S. The Bertz CT molecular complexity index is 614. The fraction of sp³-hybridized carbons (Fsp3) is 0.333. The summed E-state index contributed by atoms with van der Waals surface area (Å²) in [6.45, 7) is 2.60. The molecule has 2 N–H and O–H groups in total. The quantitative estimate of drug-likeness (QED) is 0.628. The Labute approximate surface area is 120 Å². The third-order valence-electron chi connectivity index (χ3n) is 2.88. The molecule has 0 spiro atoms. The number of nitro groups is 1. The van der Waals surface area contributed by atoms with E-state index in [1.54, 1.807) is 18.4 Å². The maximum atomic E-state index is 11.1. The van der Waals surface area contributed by atoms with Gasteiger partial charge >= 0.3 is 5.69 Å². The third kappa shape index (κ3) is 2.85. The monoisotopic (exact) mass is 293 g/mol. The zero-order valence-corrected chi connectivity index (χ0v) is 12.0. The Morgan fingerprint density at radius 3 is 2.80 bits per heavy atom. The minimum Gasteiger partial charge on any atom is -0.367 e. The van der Waals surface area contributed by atoms with Crippen molar-refractivity contribution in [2.45, 2.75) is 19.9 Å². The van der Waals surface area contributed by atoms with Gasteiger partial charge in [-0.2, -0.15) is 0 Å². The highest BCUT2D eigenvalue weighted by Gasteiger charge is 2.22. The molecule has 0 amide bonds. The van der Waals surface area contributed by atoms with Crippen LogP contribution < -0.4 is 10.6 Å². The van der Waals surface area contributed by atoms with Crippen LogP contribution in [0.5, 0.6) is 0 Å². The van der Waals surface area contributed by atoms with Crippen LogP contribution >= 0.6 is 11.3 Å². The molecular weight excluding hydrogens is 278 g/mol. The molecule has 20 heavy (non-hydrogen) atoms. The zero-order chi connectivity index (χ0) is 14.5. The van der Waals surface area contributed by atoms with Crippen LogP contribution in [0.2, 0.25) is 0 Å². The first kappa shape index (κ1) is 14.2. The summed E-state index contributed by atoms with van der Waals surface area (Å²) in [6.07, 6.45) is 2.24. The third-order valence-corrected chi connectivity index (χ3v) is 3.84. The van der Waals surface area contributed by atoms with Crippen LogP contribution in [0.15, 0.2) is 17.8 Å². The molecule has 0 bridgehead atoms. The minimum atomic E-state index is -0.483. The van der Waals surface area contributed by atoms with Crippen LogP contribution in [-0.4, -0.2) is 21.9 Å². The van der Waals surface area contributed by atoms with Gasteiger partial charge in [0.25, 0.3) is 0 Å². The predicted molar refractivity (Wildman–Crippen MR) is 79.3 cm³/mol. The van der Waals surface area contributed by atoms with Gasteiger partial charge in [-0.3, -0.25) is 10.1 Å². The minimum absolute atomic E-state index is 0.135.